The fourth-order valence-electron chi connectivity index (χ4n) is 1.89. The van der Waals surface area contributed by atoms with Crippen LogP contribution in [0.15, 0.2) is 0 Å². The van der Waals surface area contributed by atoms with Gasteiger partial charge in [0.05, 0.1) is 18.8 Å². The molecule has 1 rings (SSSR count). The normalized spacial score (nSPS) is 30.2. The molecule has 84 valence electrons. The van der Waals surface area contributed by atoms with Crippen LogP contribution in [0.25, 0.3) is 0 Å². The maximum Gasteiger partial charge on any atom is 0.0897 e. The van der Waals surface area contributed by atoms with Crippen molar-refractivity contribution >= 4 is 0 Å². The summed E-state index contributed by atoms with van der Waals surface area (Å²) in [6.07, 6.45) is 3.42. The molecule has 3 atom stereocenters. The van der Waals surface area contributed by atoms with Gasteiger partial charge in [0.1, 0.15) is 0 Å². The van der Waals surface area contributed by atoms with E-state index in [4.69, 9.17) is 4.74 Å². The van der Waals surface area contributed by atoms with Gasteiger partial charge in [-0.1, -0.05) is 12.8 Å². The summed E-state index contributed by atoms with van der Waals surface area (Å²) < 4.78 is 4.82. The van der Waals surface area contributed by atoms with E-state index in [-0.39, 0.29) is 12.1 Å². The molecule has 0 saturated heterocycles. The lowest BCUT2D eigenvalue weighted by atomic mass is 9.92. The van der Waals surface area contributed by atoms with E-state index in [0.29, 0.717) is 13.2 Å². The second-order valence-corrected chi connectivity index (χ2v) is 3.98. The molecule has 0 aromatic carbocycles. The van der Waals surface area contributed by atoms with Crippen molar-refractivity contribution in [3.05, 3.63) is 0 Å². The molecule has 0 radical (unpaired) electrons. The smallest absolute Gasteiger partial charge is 0.0897 e. The third-order valence-corrected chi connectivity index (χ3v) is 2.70. The Hall–Kier alpha value is -0.160. The van der Waals surface area contributed by atoms with Gasteiger partial charge in [0.25, 0.3) is 0 Å². The van der Waals surface area contributed by atoms with Crippen molar-refractivity contribution in [1.29, 1.82) is 0 Å². The van der Waals surface area contributed by atoms with Crippen LogP contribution < -0.4 is 5.32 Å². The Balaban J connectivity index is 2.15. The second-order valence-electron chi connectivity index (χ2n) is 3.98. The lowest BCUT2D eigenvalue weighted by molar-refractivity contribution is 0.0474. The van der Waals surface area contributed by atoms with Crippen LogP contribution in [0.3, 0.4) is 0 Å². The van der Waals surface area contributed by atoms with Crippen LogP contribution in [0.5, 0.6) is 0 Å². The fraction of sp³-hybridized carbons (Fsp3) is 1.00. The van der Waals surface area contributed by atoms with Gasteiger partial charge in [-0.3, -0.25) is 0 Å². The van der Waals surface area contributed by atoms with E-state index in [0.717, 1.165) is 25.7 Å². The Morgan fingerprint density at radius 1 is 1.43 bits per heavy atom. The summed E-state index contributed by atoms with van der Waals surface area (Å²) in [5, 5.41) is 22.2. The lowest BCUT2D eigenvalue weighted by Gasteiger charge is -2.29. The summed E-state index contributed by atoms with van der Waals surface area (Å²) in [5.41, 5.74) is 0. The molecule has 1 fully saturated rings. The predicted octanol–water partition coefficient (Wildman–Crippen LogP) is -0.113. The van der Waals surface area contributed by atoms with Gasteiger partial charge < -0.3 is 20.3 Å². The maximum atomic E-state index is 9.64. The van der Waals surface area contributed by atoms with Crippen LogP contribution in [-0.2, 0) is 4.74 Å². The van der Waals surface area contributed by atoms with Gasteiger partial charge >= 0.3 is 0 Å². The molecule has 0 amide bonds. The monoisotopic (exact) mass is 203 g/mol. The zero-order chi connectivity index (χ0) is 10.4. The molecule has 1 aliphatic rings. The maximum absolute atomic E-state index is 9.64. The molecule has 0 aliphatic heterocycles. The third-order valence-electron chi connectivity index (χ3n) is 2.70. The Morgan fingerprint density at radius 2 is 2.14 bits per heavy atom. The van der Waals surface area contributed by atoms with Gasteiger partial charge in [0, 0.05) is 19.7 Å². The van der Waals surface area contributed by atoms with Crippen molar-refractivity contribution in [2.75, 3.05) is 20.3 Å². The van der Waals surface area contributed by atoms with Gasteiger partial charge in [-0.15, -0.1) is 0 Å². The van der Waals surface area contributed by atoms with E-state index in [9.17, 15) is 10.2 Å². The van der Waals surface area contributed by atoms with Crippen LogP contribution in [0.4, 0.5) is 0 Å². The van der Waals surface area contributed by atoms with Crippen molar-refractivity contribution in [2.24, 2.45) is 0 Å². The quantitative estimate of drug-likeness (QED) is 0.583. The average Bonchev–Trinajstić information content (AvgIpc) is 2.17. The number of hydrogen-bond acceptors (Lipinski definition) is 4. The molecular weight excluding hydrogens is 182 g/mol. The Labute approximate surface area is 85.3 Å². The molecule has 3 N–H and O–H groups in total. The van der Waals surface area contributed by atoms with Crippen molar-refractivity contribution in [2.45, 2.75) is 43.9 Å². The van der Waals surface area contributed by atoms with Crippen LogP contribution in [-0.4, -0.2) is 48.7 Å². The average molecular weight is 203 g/mol. The SMILES string of the molecule is COCC(O)CN[C@H]1CCCC[C@@H]1O. The number of hydrogen-bond donors (Lipinski definition) is 3. The fourth-order valence-corrected chi connectivity index (χ4v) is 1.89. The minimum absolute atomic E-state index is 0.148. The largest absolute Gasteiger partial charge is 0.392 e. The molecule has 14 heavy (non-hydrogen) atoms. The molecule has 0 spiro atoms. The van der Waals surface area contributed by atoms with E-state index >= 15 is 0 Å². The zero-order valence-electron chi connectivity index (χ0n) is 8.78. The molecule has 1 aliphatic carbocycles. The summed E-state index contributed by atoms with van der Waals surface area (Å²) in [6, 6.07) is 0.148. The van der Waals surface area contributed by atoms with Crippen molar-refractivity contribution in [3.8, 4) is 0 Å². The van der Waals surface area contributed by atoms with E-state index in [2.05, 4.69) is 5.32 Å². The number of aliphatic hydroxyl groups is 2. The van der Waals surface area contributed by atoms with Crippen molar-refractivity contribution < 1.29 is 14.9 Å². The summed E-state index contributed by atoms with van der Waals surface area (Å²) in [6.45, 7) is 0.839. The first kappa shape index (κ1) is 11.9. The van der Waals surface area contributed by atoms with Crippen LogP contribution in [0.2, 0.25) is 0 Å². The first-order chi connectivity index (χ1) is 6.74. The van der Waals surface area contributed by atoms with E-state index < -0.39 is 6.10 Å². The summed E-state index contributed by atoms with van der Waals surface area (Å²) in [7, 11) is 1.57. The van der Waals surface area contributed by atoms with Crippen LogP contribution in [0, 0.1) is 0 Å². The van der Waals surface area contributed by atoms with Gasteiger partial charge in [0.15, 0.2) is 0 Å². The minimum atomic E-state index is -0.478. The summed E-state index contributed by atoms with van der Waals surface area (Å²) >= 11 is 0. The first-order valence-electron chi connectivity index (χ1n) is 5.32. The highest BCUT2D eigenvalue weighted by molar-refractivity contribution is 4.81. The topological polar surface area (TPSA) is 61.7 Å². The van der Waals surface area contributed by atoms with Gasteiger partial charge in [0.2, 0.25) is 0 Å². The second kappa shape index (κ2) is 6.35. The number of nitrogens with one attached hydrogen (secondary N) is 1. The first-order valence-corrected chi connectivity index (χ1v) is 5.32. The van der Waals surface area contributed by atoms with Crippen LogP contribution >= 0.6 is 0 Å². The van der Waals surface area contributed by atoms with E-state index in [1.807, 2.05) is 0 Å². The van der Waals surface area contributed by atoms with E-state index in [1.54, 1.807) is 7.11 Å². The Bertz CT molecular complexity index is 154. The highest BCUT2D eigenvalue weighted by Gasteiger charge is 2.22. The highest BCUT2D eigenvalue weighted by Crippen LogP contribution is 2.18. The molecule has 1 unspecified atom stereocenters. The molecule has 0 aromatic rings. The standard InChI is InChI=1S/C10H21NO3/c1-14-7-8(12)6-11-9-4-2-3-5-10(9)13/h8-13H,2-7H2,1H3/t8?,9-,10-/m0/s1. The molecule has 4 nitrogen and oxygen atoms in total. The number of aliphatic hydroxyl groups excluding tert-OH is 2. The summed E-state index contributed by atoms with van der Waals surface area (Å²) in [4.78, 5) is 0. The predicted molar refractivity (Wildman–Crippen MR) is 54.1 cm³/mol. The zero-order valence-corrected chi connectivity index (χ0v) is 8.78. The van der Waals surface area contributed by atoms with Crippen molar-refractivity contribution in [1.82, 2.24) is 5.32 Å². The van der Waals surface area contributed by atoms with Crippen LogP contribution in [0.1, 0.15) is 25.7 Å². The molecule has 0 bridgehead atoms. The molecule has 4 heteroatoms. The van der Waals surface area contributed by atoms with Gasteiger partial charge in [-0.05, 0) is 12.8 Å². The van der Waals surface area contributed by atoms with Crippen molar-refractivity contribution in [3.63, 3.8) is 0 Å². The summed E-state index contributed by atoms with van der Waals surface area (Å²) in [5.74, 6) is 0. The Kier molecular flexibility index (Phi) is 5.40. The minimum Gasteiger partial charge on any atom is -0.392 e. The number of methoxy groups -OCH3 is 1. The molecule has 0 heterocycles. The number of rotatable bonds is 5. The molecular formula is C10H21NO3. The molecule has 0 aromatic heterocycles. The third kappa shape index (κ3) is 3.92. The Morgan fingerprint density at radius 3 is 2.79 bits per heavy atom. The van der Waals surface area contributed by atoms with E-state index in [1.165, 1.54) is 0 Å². The van der Waals surface area contributed by atoms with Gasteiger partial charge in [-0.25, -0.2) is 0 Å². The van der Waals surface area contributed by atoms with Gasteiger partial charge in [-0.2, -0.15) is 0 Å². The number of ether oxygens (including phenoxy) is 1. The lowest BCUT2D eigenvalue weighted by Crippen LogP contribution is -2.45. The molecule has 1 saturated carbocycles. The highest BCUT2D eigenvalue weighted by atomic mass is 16.5.